The lowest BCUT2D eigenvalue weighted by Gasteiger charge is -2.17. The first-order valence-electron chi connectivity index (χ1n) is 7.74. The van der Waals surface area contributed by atoms with E-state index in [2.05, 4.69) is 5.32 Å². The van der Waals surface area contributed by atoms with Crippen molar-refractivity contribution in [3.8, 4) is 0 Å². The van der Waals surface area contributed by atoms with Gasteiger partial charge in [-0.25, -0.2) is 9.18 Å². The number of methoxy groups -OCH3 is 1. The maximum atomic E-state index is 13.8. The van der Waals surface area contributed by atoms with Gasteiger partial charge in [-0.2, -0.15) is 0 Å². The number of ether oxygens (including phenoxy) is 2. The Hall–Kier alpha value is -1.99. The molecule has 1 rings (SSSR count). The van der Waals surface area contributed by atoms with E-state index in [1.54, 1.807) is 0 Å². The molecule has 2 N–H and O–H groups in total. The number of carboxylic acids is 1. The van der Waals surface area contributed by atoms with Crippen LogP contribution in [0.3, 0.4) is 0 Å². The molecule has 1 aromatic carbocycles. The molecule has 134 valence electrons. The Morgan fingerprint density at radius 1 is 1.29 bits per heavy atom. The summed E-state index contributed by atoms with van der Waals surface area (Å²) >= 11 is 0. The predicted octanol–water partition coefficient (Wildman–Crippen LogP) is 2.22. The molecule has 1 atom stereocenters. The number of carbonyl (C=O) groups excluding carboxylic acids is 1. The first kappa shape index (κ1) is 20.1. The van der Waals surface area contributed by atoms with Gasteiger partial charge in [0.05, 0.1) is 19.8 Å². The Morgan fingerprint density at radius 3 is 2.58 bits per heavy atom. The van der Waals surface area contributed by atoms with E-state index in [9.17, 15) is 19.1 Å². The van der Waals surface area contributed by atoms with Gasteiger partial charge in [0.1, 0.15) is 11.9 Å². The molecule has 0 bridgehead atoms. The second-order valence-corrected chi connectivity index (χ2v) is 5.85. The van der Waals surface area contributed by atoms with Crippen molar-refractivity contribution in [1.29, 1.82) is 0 Å². The number of carboxylic acid groups (broad SMARTS) is 1. The van der Waals surface area contributed by atoms with Gasteiger partial charge < -0.3 is 19.9 Å². The van der Waals surface area contributed by atoms with Crippen LogP contribution in [0.2, 0.25) is 0 Å². The van der Waals surface area contributed by atoms with E-state index in [1.807, 2.05) is 13.8 Å². The lowest BCUT2D eigenvalue weighted by atomic mass is 10.0. The number of aliphatic carboxylic acids is 1. The highest BCUT2D eigenvalue weighted by Gasteiger charge is 2.22. The molecule has 6 nitrogen and oxygen atoms in total. The summed E-state index contributed by atoms with van der Waals surface area (Å²) in [7, 11) is 1.53. The number of halogens is 1. The first-order valence-corrected chi connectivity index (χ1v) is 7.74. The molecule has 0 fully saturated rings. The first-order chi connectivity index (χ1) is 11.3. The van der Waals surface area contributed by atoms with Crippen LogP contribution in [0.25, 0.3) is 0 Å². The monoisotopic (exact) mass is 341 g/mol. The zero-order chi connectivity index (χ0) is 18.1. The summed E-state index contributed by atoms with van der Waals surface area (Å²) in [5.74, 6) is -2.02. The normalized spacial score (nSPS) is 12.2. The number of amides is 1. The van der Waals surface area contributed by atoms with Crippen molar-refractivity contribution in [3.05, 3.63) is 35.1 Å². The third-order valence-corrected chi connectivity index (χ3v) is 3.31. The minimum atomic E-state index is -1.10. The smallest absolute Gasteiger partial charge is 0.326 e. The van der Waals surface area contributed by atoms with Gasteiger partial charge in [0.2, 0.25) is 0 Å². The number of nitrogens with one attached hydrogen (secondary N) is 1. The SMILES string of the molecule is COCCOCc1cc(C(=O)N[C@@H](CC(C)C)C(=O)O)ccc1F. The summed E-state index contributed by atoms with van der Waals surface area (Å²) in [5, 5.41) is 11.6. The second-order valence-electron chi connectivity index (χ2n) is 5.85. The molecular weight excluding hydrogens is 317 g/mol. The van der Waals surface area contributed by atoms with Crippen LogP contribution in [0.4, 0.5) is 4.39 Å². The molecule has 0 saturated heterocycles. The highest BCUT2D eigenvalue weighted by molar-refractivity contribution is 5.96. The lowest BCUT2D eigenvalue weighted by Crippen LogP contribution is -2.41. The standard InChI is InChI=1S/C17H24FNO5/c1-11(2)8-15(17(21)22)19-16(20)12-4-5-14(18)13(9-12)10-24-7-6-23-3/h4-5,9,11,15H,6-8,10H2,1-3H3,(H,19,20)(H,21,22)/t15-/m0/s1. The molecule has 0 heterocycles. The Morgan fingerprint density at radius 2 is 2.00 bits per heavy atom. The summed E-state index contributed by atoms with van der Waals surface area (Å²) in [6.45, 7) is 4.44. The van der Waals surface area contributed by atoms with E-state index in [0.717, 1.165) is 0 Å². The molecule has 7 heteroatoms. The maximum absolute atomic E-state index is 13.8. The summed E-state index contributed by atoms with van der Waals surface area (Å²) in [6, 6.07) is 2.87. The van der Waals surface area contributed by atoms with Crippen LogP contribution >= 0.6 is 0 Å². The van der Waals surface area contributed by atoms with Crippen molar-refractivity contribution in [1.82, 2.24) is 5.32 Å². The van der Waals surface area contributed by atoms with Crippen LogP contribution < -0.4 is 5.32 Å². The van der Waals surface area contributed by atoms with Gasteiger partial charge in [-0.3, -0.25) is 4.79 Å². The van der Waals surface area contributed by atoms with E-state index < -0.39 is 23.7 Å². The number of hydrogen-bond acceptors (Lipinski definition) is 4. The average Bonchev–Trinajstić information content (AvgIpc) is 2.51. The van der Waals surface area contributed by atoms with E-state index in [-0.39, 0.29) is 23.7 Å². The summed E-state index contributed by atoms with van der Waals surface area (Å²) in [5.41, 5.74) is 0.422. The van der Waals surface area contributed by atoms with Gasteiger partial charge >= 0.3 is 5.97 Å². The molecule has 0 aliphatic carbocycles. The van der Waals surface area contributed by atoms with E-state index in [0.29, 0.717) is 19.6 Å². The van der Waals surface area contributed by atoms with Crippen LogP contribution in [0.5, 0.6) is 0 Å². The predicted molar refractivity (Wildman–Crippen MR) is 86.3 cm³/mol. The van der Waals surface area contributed by atoms with Gasteiger partial charge in [0.15, 0.2) is 0 Å². The molecule has 0 radical (unpaired) electrons. The number of rotatable bonds is 10. The fourth-order valence-electron chi connectivity index (χ4n) is 2.09. The summed E-state index contributed by atoms with van der Waals surface area (Å²) < 4.78 is 23.9. The molecule has 0 unspecified atom stereocenters. The number of benzene rings is 1. The van der Waals surface area contributed by atoms with Crippen LogP contribution in [0, 0.1) is 11.7 Å². The number of hydrogen-bond donors (Lipinski definition) is 2. The third kappa shape index (κ3) is 6.64. The largest absolute Gasteiger partial charge is 0.480 e. The highest BCUT2D eigenvalue weighted by Crippen LogP contribution is 2.13. The van der Waals surface area contributed by atoms with Crippen molar-refractivity contribution in [2.24, 2.45) is 5.92 Å². The molecular formula is C17H24FNO5. The second kappa shape index (κ2) is 10.00. The van der Waals surface area contributed by atoms with E-state index >= 15 is 0 Å². The molecule has 24 heavy (non-hydrogen) atoms. The maximum Gasteiger partial charge on any atom is 0.326 e. The highest BCUT2D eigenvalue weighted by atomic mass is 19.1. The van der Waals surface area contributed by atoms with Crippen molar-refractivity contribution in [2.45, 2.75) is 32.9 Å². The van der Waals surface area contributed by atoms with E-state index in [1.165, 1.54) is 25.3 Å². The molecule has 0 aliphatic rings. The minimum absolute atomic E-state index is 0.00463. The van der Waals surface area contributed by atoms with Crippen LogP contribution in [-0.2, 0) is 20.9 Å². The molecule has 0 saturated carbocycles. The van der Waals surface area contributed by atoms with Gasteiger partial charge in [-0.05, 0) is 30.5 Å². The lowest BCUT2D eigenvalue weighted by molar-refractivity contribution is -0.139. The molecule has 0 spiro atoms. The van der Waals surface area contributed by atoms with Crippen LogP contribution in [-0.4, -0.2) is 43.3 Å². The van der Waals surface area contributed by atoms with Crippen LogP contribution in [0.15, 0.2) is 18.2 Å². The van der Waals surface area contributed by atoms with Gasteiger partial charge in [0, 0.05) is 18.2 Å². The Balaban J connectivity index is 2.77. The topological polar surface area (TPSA) is 84.9 Å². The average molecular weight is 341 g/mol. The van der Waals surface area contributed by atoms with E-state index in [4.69, 9.17) is 9.47 Å². The summed E-state index contributed by atoms with van der Waals surface area (Å²) in [4.78, 5) is 23.4. The molecule has 0 aromatic heterocycles. The van der Waals surface area contributed by atoms with Crippen molar-refractivity contribution >= 4 is 11.9 Å². The zero-order valence-corrected chi connectivity index (χ0v) is 14.2. The van der Waals surface area contributed by atoms with Crippen molar-refractivity contribution in [3.63, 3.8) is 0 Å². The van der Waals surface area contributed by atoms with Gasteiger partial charge in [-0.1, -0.05) is 13.8 Å². The molecule has 1 amide bonds. The number of carbonyl (C=O) groups is 2. The molecule has 1 aromatic rings. The van der Waals surface area contributed by atoms with Gasteiger partial charge in [0.25, 0.3) is 5.91 Å². The van der Waals surface area contributed by atoms with Crippen molar-refractivity contribution in [2.75, 3.05) is 20.3 Å². The zero-order valence-electron chi connectivity index (χ0n) is 14.2. The fraction of sp³-hybridized carbons (Fsp3) is 0.529. The van der Waals surface area contributed by atoms with Crippen LogP contribution in [0.1, 0.15) is 36.2 Å². The van der Waals surface area contributed by atoms with Gasteiger partial charge in [-0.15, -0.1) is 0 Å². The Bertz CT molecular complexity index is 562. The summed E-state index contributed by atoms with van der Waals surface area (Å²) in [6.07, 6.45) is 0.315. The minimum Gasteiger partial charge on any atom is -0.480 e. The molecule has 0 aliphatic heterocycles. The van der Waals surface area contributed by atoms with Crippen molar-refractivity contribution < 1.29 is 28.6 Å². The third-order valence-electron chi connectivity index (χ3n) is 3.31. The fourth-order valence-corrected chi connectivity index (χ4v) is 2.09. The Kier molecular flexibility index (Phi) is 8.35. The Labute approximate surface area is 141 Å². The quantitative estimate of drug-likeness (QED) is 0.638.